The molecule has 3 N–H and O–H groups in total. The van der Waals surface area contributed by atoms with Crippen molar-refractivity contribution >= 4 is 34.9 Å². The molecule has 168 valence electrons. The standard InChI is InChI=1S/C24H26N8O/c1-31-22(17-7-10-26-11-8-17)28-20-23(31)29-21(30-24(20)32-13-15-33-16-14-32)19(25)9-12-27-18-5-3-2-4-6-18/h2-12,22,28H,13-16,25H2,1H3. The molecule has 0 amide bonds. The van der Waals surface area contributed by atoms with Crippen LogP contribution in [-0.4, -0.2) is 54.5 Å². The fraction of sp³-hybridized carbons (Fsp3) is 0.250. The number of rotatable bonds is 5. The number of aromatic nitrogens is 3. The third-order valence-electron chi connectivity index (χ3n) is 5.70. The second kappa shape index (κ2) is 9.25. The molecule has 4 heterocycles. The van der Waals surface area contributed by atoms with E-state index in [2.05, 4.69) is 25.1 Å². The molecule has 1 saturated heterocycles. The van der Waals surface area contributed by atoms with Gasteiger partial charge in [0.2, 0.25) is 0 Å². The number of para-hydroxylation sites is 1. The fourth-order valence-corrected chi connectivity index (χ4v) is 3.96. The van der Waals surface area contributed by atoms with Crippen LogP contribution in [-0.2, 0) is 4.74 Å². The number of allylic oxidation sites excluding steroid dienone is 1. The van der Waals surface area contributed by atoms with Crippen molar-refractivity contribution in [3.63, 3.8) is 0 Å². The maximum absolute atomic E-state index is 6.40. The zero-order valence-corrected chi connectivity index (χ0v) is 18.4. The zero-order chi connectivity index (χ0) is 22.6. The number of pyridine rings is 1. The van der Waals surface area contributed by atoms with Crippen LogP contribution in [0.3, 0.4) is 0 Å². The molecule has 2 aromatic heterocycles. The van der Waals surface area contributed by atoms with E-state index in [9.17, 15) is 0 Å². The Morgan fingerprint density at radius 2 is 1.82 bits per heavy atom. The number of anilines is 3. The summed E-state index contributed by atoms with van der Waals surface area (Å²) in [5, 5.41) is 3.60. The van der Waals surface area contributed by atoms with Crippen LogP contribution in [0.2, 0.25) is 0 Å². The second-order valence-corrected chi connectivity index (χ2v) is 7.84. The first-order valence-electron chi connectivity index (χ1n) is 10.9. The molecule has 2 aliphatic rings. The number of nitrogens with two attached hydrogens (primary N) is 1. The van der Waals surface area contributed by atoms with Crippen molar-refractivity contribution < 1.29 is 4.74 Å². The van der Waals surface area contributed by atoms with Crippen LogP contribution in [0.25, 0.3) is 5.70 Å². The first-order valence-corrected chi connectivity index (χ1v) is 10.9. The Kier molecular flexibility index (Phi) is 5.86. The van der Waals surface area contributed by atoms with E-state index in [4.69, 9.17) is 20.4 Å². The summed E-state index contributed by atoms with van der Waals surface area (Å²) in [7, 11) is 2.01. The third-order valence-corrected chi connectivity index (χ3v) is 5.70. The number of fused-ring (bicyclic) bond motifs is 1. The molecule has 2 aliphatic heterocycles. The molecule has 1 atom stereocenters. The molecule has 0 saturated carbocycles. The van der Waals surface area contributed by atoms with Crippen LogP contribution in [0.15, 0.2) is 65.9 Å². The van der Waals surface area contributed by atoms with E-state index in [1.807, 2.05) is 49.5 Å². The van der Waals surface area contributed by atoms with E-state index in [0.29, 0.717) is 24.7 Å². The predicted octanol–water partition coefficient (Wildman–Crippen LogP) is 2.97. The third kappa shape index (κ3) is 4.35. The van der Waals surface area contributed by atoms with Crippen LogP contribution in [0, 0.1) is 0 Å². The van der Waals surface area contributed by atoms with Crippen LogP contribution in [0.5, 0.6) is 0 Å². The smallest absolute Gasteiger partial charge is 0.179 e. The Hall–Kier alpha value is -3.98. The number of benzene rings is 1. The molecule has 0 radical (unpaired) electrons. The largest absolute Gasteiger partial charge is 0.396 e. The van der Waals surface area contributed by atoms with Crippen LogP contribution < -0.4 is 20.9 Å². The number of hydrogen-bond acceptors (Lipinski definition) is 9. The Bertz CT molecular complexity index is 1160. The Labute approximate surface area is 192 Å². The highest BCUT2D eigenvalue weighted by Crippen LogP contribution is 2.44. The van der Waals surface area contributed by atoms with Gasteiger partial charge in [0.05, 0.1) is 24.6 Å². The van der Waals surface area contributed by atoms with Gasteiger partial charge in [-0.25, -0.2) is 9.97 Å². The van der Waals surface area contributed by atoms with Crippen molar-refractivity contribution in [2.75, 3.05) is 48.5 Å². The van der Waals surface area contributed by atoms with Gasteiger partial charge in [-0.3, -0.25) is 9.98 Å². The number of morpholine rings is 1. The molecule has 9 nitrogen and oxygen atoms in total. The van der Waals surface area contributed by atoms with Crippen molar-refractivity contribution in [3.8, 4) is 0 Å². The molecule has 9 heteroatoms. The highest BCUT2D eigenvalue weighted by atomic mass is 16.5. The minimum atomic E-state index is -0.0720. The highest BCUT2D eigenvalue weighted by Gasteiger charge is 2.34. The van der Waals surface area contributed by atoms with Gasteiger partial charge in [-0.05, 0) is 35.9 Å². The number of nitrogens with zero attached hydrogens (tertiary/aromatic N) is 6. The van der Waals surface area contributed by atoms with Gasteiger partial charge < -0.3 is 25.6 Å². The van der Waals surface area contributed by atoms with Gasteiger partial charge in [-0.1, -0.05) is 18.2 Å². The summed E-state index contributed by atoms with van der Waals surface area (Å²) in [6.45, 7) is 2.83. The van der Waals surface area contributed by atoms with Crippen LogP contribution >= 0.6 is 0 Å². The van der Waals surface area contributed by atoms with Gasteiger partial charge in [0.1, 0.15) is 11.9 Å². The van der Waals surface area contributed by atoms with E-state index in [0.717, 1.165) is 41.7 Å². The van der Waals surface area contributed by atoms with Gasteiger partial charge in [0.15, 0.2) is 17.5 Å². The molecule has 33 heavy (non-hydrogen) atoms. The van der Waals surface area contributed by atoms with Crippen molar-refractivity contribution in [2.45, 2.75) is 6.17 Å². The molecule has 0 spiro atoms. The lowest BCUT2D eigenvalue weighted by Gasteiger charge is -2.29. The minimum absolute atomic E-state index is 0.0720. The van der Waals surface area contributed by atoms with E-state index in [1.54, 1.807) is 24.7 Å². The first kappa shape index (κ1) is 20.9. The number of aliphatic imine (C=N–C) groups is 1. The normalized spacial score (nSPS) is 18.5. The summed E-state index contributed by atoms with van der Waals surface area (Å²) >= 11 is 0. The molecular weight excluding hydrogens is 416 g/mol. The quantitative estimate of drug-likeness (QED) is 0.581. The van der Waals surface area contributed by atoms with Crippen molar-refractivity contribution in [1.29, 1.82) is 0 Å². The van der Waals surface area contributed by atoms with Crippen LogP contribution in [0.4, 0.5) is 23.0 Å². The lowest BCUT2D eigenvalue weighted by atomic mass is 10.2. The van der Waals surface area contributed by atoms with Gasteiger partial charge >= 0.3 is 0 Å². The minimum Gasteiger partial charge on any atom is -0.396 e. The average molecular weight is 443 g/mol. The van der Waals surface area contributed by atoms with E-state index >= 15 is 0 Å². The van der Waals surface area contributed by atoms with Crippen LogP contribution in [0.1, 0.15) is 17.6 Å². The van der Waals surface area contributed by atoms with Gasteiger partial charge in [0.25, 0.3) is 0 Å². The fourth-order valence-electron chi connectivity index (χ4n) is 3.96. The monoisotopic (exact) mass is 442 g/mol. The average Bonchev–Trinajstić information content (AvgIpc) is 3.21. The Morgan fingerprint density at radius 1 is 1.09 bits per heavy atom. The maximum atomic E-state index is 6.40. The molecule has 0 bridgehead atoms. The van der Waals surface area contributed by atoms with Crippen molar-refractivity contribution in [1.82, 2.24) is 15.0 Å². The summed E-state index contributed by atoms with van der Waals surface area (Å²) in [5.41, 5.74) is 9.70. The molecule has 1 fully saturated rings. The van der Waals surface area contributed by atoms with Gasteiger partial charge in [-0.2, -0.15) is 0 Å². The second-order valence-electron chi connectivity index (χ2n) is 7.84. The summed E-state index contributed by atoms with van der Waals surface area (Å²) in [6.07, 6.45) is 6.93. The number of ether oxygens (including phenoxy) is 1. The van der Waals surface area contributed by atoms with Gasteiger partial charge in [-0.15, -0.1) is 0 Å². The Morgan fingerprint density at radius 3 is 2.58 bits per heavy atom. The molecule has 3 aromatic rings. The summed E-state index contributed by atoms with van der Waals surface area (Å²) in [5.74, 6) is 2.11. The molecular formula is C24H26N8O. The zero-order valence-electron chi connectivity index (χ0n) is 18.4. The SMILES string of the molecule is CN1c2nc(C(N)=CC=Nc3ccccc3)nc(N3CCOCC3)c2NC1c1ccncc1. The lowest BCUT2D eigenvalue weighted by Crippen LogP contribution is -2.37. The molecule has 0 aliphatic carbocycles. The lowest BCUT2D eigenvalue weighted by molar-refractivity contribution is 0.122. The van der Waals surface area contributed by atoms with E-state index in [-0.39, 0.29) is 6.17 Å². The van der Waals surface area contributed by atoms with Gasteiger partial charge in [0, 0.05) is 38.7 Å². The highest BCUT2D eigenvalue weighted by molar-refractivity contribution is 5.87. The molecule has 1 aromatic carbocycles. The van der Waals surface area contributed by atoms with Crippen molar-refractivity contribution in [2.24, 2.45) is 10.7 Å². The number of nitrogens with one attached hydrogen (secondary N) is 1. The Balaban J connectivity index is 1.51. The summed E-state index contributed by atoms with van der Waals surface area (Å²) in [6, 6.07) is 13.7. The summed E-state index contributed by atoms with van der Waals surface area (Å²) < 4.78 is 5.55. The predicted molar refractivity (Wildman–Crippen MR) is 131 cm³/mol. The van der Waals surface area contributed by atoms with E-state index < -0.39 is 0 Å². The maximum Gasteiger partial charge on any atom is 0.179 e. The first-order chi connectivity index (χ1) is 16.2. The molecule has 1 unspecified atom stereocenters. The summed E-state index contributed by atoms with van der Waals surface area (Å²) in [4.78, 5) is 22.6. The number of hydrogen-bond donors (Lipinski definition) is 2. The van der Waals surface area contributed by atoms with Crippen molar-refractivity contribution in [3.05, 3.63) is 72.3 Å². The van der Waals surface area contributed by atoms with E-state index in [1.165, 1.54) is 0 Å². The topological polar surface area (TPSA) is 105 Å². The molecule has 5 rings (SSSR count).